The average Bonchev–Trinajstić information content (AvgIpc) is 2.95. The number of aromatic nitrogens is 3. The first kappa shape index (κ1) is 26.5. The standard InChI is InChI=1S/C30H23F2N3O5/c1-16-28(20-6-5-18(38-2)12-22(20)31)30(37)21(15-34-16)25(36)11-17-4-7-26(23(32)10-17)40-27-8-9-33-24-13-19(39-3)14-35-29(24)27/h4-10,12-15H,11H2,1-3H3,(H,34,37). The third-order valence-electron chi connectivity index (χ3n) is 6.36. The minimum absolute atomic E-state index is 0.0386. The Bertz CT molecular complexity index is 1820. The number of benzene rings is 2. The molecule has 0 fully saturated rings. The molecule has 1 N–H and O–H groups in total. The number of aromatic amines is 1. The van der Waals surface area contributed by atoms with Crippen molar-refractivity contribution >= 4 is 16.8 Å². The third kappa shape index (κ3) is 5.11. The minimum atomic E-state index is -0.706. The average molecular weight is 544 g/mol. The molecule has 0 atom stereocenters. The van der Waals surface area contributed by atoms with E-state index in [4.69, 9.17) is 14.2 Å². The summed E-state index contributed by atoms with van der Waals surface area (Å²) in [5.41, 5.74) is 0.946. The van der Waals surface area contributed by atoms with Gasteiger partial charge in [0.2, 0.25) is 5.43 Å². The molecule has 8 nitrogen and oxygen atoms in total. The van der Waals surface area contributed by atoms with Crippen LogP contribution in [0.1, 0.15) is 21.6 Å². The van der Waals surface area contributed by atoms with E-state index in [1.54, 1.807) is 19.1 Å². The van der Waals surface area contributed by atoms with Crippen LogP contribution >= 0.6 is 0 Å². The van der Waals surface area contributed by atoms with E-state index in [0.717, 1.165) is 6.07 Å². The second-order valence-electron chi connectivity index (χ2n) is 8.90. The molecule has 0 saturated heterocycles. The van der Waals surface area contributed by atoms with Gasteiger partial charge >= 0.3 is 0 Å². The summed E-state index contributed by atoms with van der Waals surface area (Å²) in [5.74, 6) is -0.889. The van der Waals surface area contributed by atoms with Crippen LogP contribution in [0, 0.1) is 18.6 Å². The number of H-pyrrole nitrogens is 1. The van der Waals surface area contributed by atoms with Crippen LogP contribution in [0.2, 0.25) is 0 Å². The van der Waals surface area contributed by atoms with Crippen molar-refractivity contribution in [1.29, 1.82) is 0 Å². The maximum Gasteiger partial charge on any atom is 0.200 e. The van der Waals surface area contributed by atoms with E-state index in [1.165, 1.54) is 63.1 Å². The number of nitrogens with one attached hydrogen (secondary N) is 1. The van der Waals surface area contributed by atoms with Gasteiger partial charge in [0.1, 0.15) is 22.8 Å². The topological polar surface area (TPSA) is 103 Å². The van der Waals surface area contributed by atoms with Crippen LogP contribution < -0.4 is 19.6 Å². The number of hydrogen-bond donors (Lipinski definition) is 1. The Morgan fingerprint density at radius 1 is 0.925 bits per heavy atom. The Morgan fingerprint density at radius 2 is 1.73 bits per heavy atom. The lowest BCUT2D eigenvalue weighted by Gasteiger charge is -2.11. The zero-order valence-corrected chi connectivity index (χ0v) is 21.7. The van der Waals surface area contributed by atoms with Gasteiger partial charge in [-0.15, -0.1) is 0 Å². The molecule has 0 bridgehead atoms. The normalized spacial score (nSPS) is 10.9. The highest BCUT2D eigenvalue weighted by molar-refractivity contribution is 5.98. The van der Waals surface area contributed by atoms with Gasteiger partial charge in [-0.05, 0) is 36.8 Å². The van der Waals surface area contributed by atoms with E-state index in [1.807, 2.05) is 0 Å². The van der Waals surface area contributed by atoms with Gasteiger partial charge in [0, 0.05) is 48.3 Å². The van der Waals surface area contributed by atoms with E-state index in [0.29, 0.717) is 39.5 Å². The zero-order valence-electron chi connectivity index (χ0n) is 21.7. The molecule has 2 aromatic carbocycles. The van der Waals surface area contributed by atoms with Crippen molar-refractivity contribution < 1.29 is 27.8 Å². The number of ketones is 1. The SMILES string of the molecule is COc1ccc(-c2c(C)[nH]cc(C(=O)Cc3ccc(Oc4ccnc5cc(OC)cnc45)c(F)c3)c2=O)c(F)c1. The number of nitrogens with zero attached hydrogens (tertiary/aromatic N) is 2. The van der Waals surface area contributed by atoms with Gasteiger partial charge in [0.05, 0.1) is 37.1 Å². The summed E-state index contributed by atoms with van der Waals surface area (Å²) in [4.78, 5) is 37.7. The first-order chi connectivity index (χ1) is 19.3. The van der Waals surface area contributed by atoms with E-state index in [-0.39, 0.29) is 28.9 Å². The number of Topliss-reactive ketones (excluding diaryl/α,β-unsaturated/α-hetero) is 1. The molecule has 0 unspecified atom stereocenters. The number of carbonyl (C=O) groups excluding carboxylic acids is 1. The summed E-state index contributed by atoms with van der Waals surface area (Å²) in [6.45, 7) is 1.61. The fourth-order valence-corrected chi connectivity index (χ4v) is 4.30. The summed E-state index contributed by atoms with van der Waals surface area (Å²) in [6.07, 6.45) is 4.04. The Labute approximate surface area is 227 Å². The maximum absolute atomic E-state index is 15.0. The molecule has 3 heterocycles. The molecule has 0 spiro atoms. The number of carbonyl (C=O) groups is 1. The van der Waals surface area contributed by atoms with E-state index >= 15 is 4.39 Å². The highest BCUT2D eigenvalue weighted by Gasteiger charge is 2.20. The quantitative estimate of drug-likeness (QED) is 0.247. The molecule has 0 aliphatic rings. The fourth-order valence-electron chi connectivity index (χ4n) is 4.30. The Hall–Kier alpha value is -5.12. The summed E-state index contributed by atoms with van der Waals surface area (Å²) in [7, 11) is 2.92. The van der Waals surface area contributed by atoms with Gasteiger partial charge in [-0.25, -0.2) is 13.8 Å². The molecule has 202 valence electrons. The Morgan fingerprint density at radius 3 is 2.45 bits per heavy atom. The van der Waals surface area contributed by atoms with Crippen molar-refractivity contribution in [3.63, 3.8) is 0 Å². The molecule has 5 rings (SSSR count). The van der Waals surface area contributed by atoms with Crippen LogP contribution in [0.25, 0.3) is 22.2 Å². The second kappa shape index (κ2) is 10.9. The smallest absolute Gasteiger partial charge is 0.200 e. The van der Waals surface area contributed by atoms with Crippen LogP contribution in [-0.2, 0) is 6.42 Å². The van der Waals surface area contributed by atoms with Gasteiger partial charge < -0.3 is 19.2 Å². The van der Waals surface area contributed by atoms with E-state index in [9.17, 15) is 14.0 Å². The van der Waals surface area contributed by atoms with Crippen LogP contribution in [0.3, 0.4) is 0 Å². The largest absolute Gasteiger partial charge is 0.497 e. The maximum atomic E-state index is 15.0. The summed E-state index contributed by atoms with van der Waals surface area (Å²) in [5, 5.41) is 0. The number of hydrogen-bond acceptors (Lipinski definition) is 7. The lowest BCUT2D eigenvalue weighted by molar-refractivity contribution is 0.0991. The predicted molar refractivity (Wildman–Crippen MR) is 144 cm³/mol. The van der Waals surface area contributed by atoms with Crippen molar-refractivity contribution in [1.82, 2.24) is 15.0 Å². The van der Waals surface area contributed by atoms with E-state index in [2.05, 4.69) is 15.0 Å². The van der Waals surface area contributed by atoms with Crippen LogP contribution in [0.5, 0.6) is 23.0 Å². The third-order valence-corrected chi connectivity index (χ3v) is 6.36. The molecule has 5 aromatic rings. The number of rotatable bonds is 8. The van der Waals surface area contributed by atoms with Crippen LogP contribution in [0.15, 0.2) is 71.9 Å². The molecule has 40 heavy (non-hydrogen) atoms. The number of methoxy groups -OCH3 is 2. The van der Waals surface area contributed by atoms with Gasteiger partial charge in [0.15, 0.2) is 23.1 Å². The molecular formula is C30H23F2N3O5. The number of ether oxygens (including phenoxy) is 3. The van der Waals surface area contributed by atoms with Crippen molar-refractivity contribution in [2.45, 2.75) is 13.3 Å². The Kier molecular flexibility index (Phi) is 7.24. The molecular weight excluding hydrogens is 520 g/mol. The fraction of sp³-hybridized carbons (Fsp3) is 0.133. The number of fused-ring (bicyclic) bond motifs is 1. The summed E-state index contributed by atoms with van der Waals surface area (Å²) in [6, 6.07) is 11.4. The molecule has 0 aliphatic heterocycles. The Balaban J connectivity index is 1.39. The molecule has 0 amide bonds. The minimum Gasteiger partial charge on any atom is -0.497 e. The van der Waals surface area contributed by atoms with Gasteiger partial charge in [-0.3, -0.25) is 14.6 Å². The number of halogens is 2. The highest BCUT2D eigenvalue weighted by atomic mass is 19.1. The lowest BCUT2D eigenvalue weighted by atomic mass is 9.97. The second-order valence-corrected chi connectivity index (χ2v) is 8.90. The first-order valence-electron chi connectivity index (χ1n) is 12.1. The van der Waals surface area contributed by atoms with Crippen molar-refractivity contribution in [2.24, 2.45) is 0 Å². The zero-order chi connectivity index (χ0) is 28.4. The molecule has 10 heteroatoms. The monoisotopic (exact) mass is 543 g/mol. The summed E-state index contributed by atoms with van der Waals surface area (Å²) < 4.78 is 45.7. The predicted octanol–water partition coefficient (Wildman–Crippen LogP) is 5.81. The molecule has 0 aliphatic carbocycles. The van der Waals surface area contributed by atoms with Crippen molar-refractivity contribution in [3.05, 3.63) is 106 Å². The first-order valence-corrected chi connectivity index (χ1v) is 12.1. The number of pyridine rings is 3. The molecule has 3 aromatic heterocycles. The van der Waals surface area contributed by atoms with Crippen molar-refractivity contribution in [2.75, 3.05) is 14.2 Å². The number of aryl methyl sites for hydroxylation is 1. The van der Waals surface area contributed by atoms with Crippen LogP contribution in [-0.4, -0.2) is 35.0 Å². The highest BCUT2D eigenvalue weighted by Crippen LogP contribution is 2.31. The lowest BCUT2D eigenvalue weighted by Crippen LogP contribution is -2.20. The van der Waals surface area contributed by atoms with Crippen LogP contribution in [0.4, 0.5) is 8.78 Å². The van der Waals surface area contributed by atoms with Crippen molar-refractivity contribution in [3.8, 4) is 34.1 Å². The van der Waals surface area contributed by atoms with Gasteiger partial charge in [-0.1, -0.05) is 6.07 Å². The van der Waals surface area contributed by atoms with E-state index < -0.39 is 22.8 Å². The molecule has 0 saturated carbocycles. The van der Waals surface area contributed by atoms with Gasteiger partial charge in [-0.2, -0.15) is 0 Å². The molecule has 0 radical (unpaired) electrons. The van der Waals surface area contributed by atoms with Gasteiger partial charge in [0.25, 0.3) is 0 Å². The summed E-state index contributed by atoms with van der Waals surface area (Å²) >= 11 is 0.